The molecule has 1 N–H and O–H groups in total. The summed E-state index contributed by atoms with van der Waals surface area (Å²) in [6.07, 6.45) is 2.09. The van der Waals surface area contributed by atoms with Crippen molar-refractivity contribution in [2.75, 3.05) is 7.11 Å². The molecule has 1 aromatic carbocycles. The molecule has 3 rings (SSSR count). The predicted molar refractivity (Wildman–Crippen MR) is 98.0 cm³/mol. The van der Waals surface area contributed by atoms with E-state index in [0.29, 0.717) is 10.9 Å². The van der Waals surface area contributed by atoms with E-state index < -0.39 is 10.8 Å². The molecule has 2 heterocycles. The van der Waals surface area contributed by atoms with Gasteiger partial charge in [-0.1, -0.05) is 19.1 Å². The van der Waals surface area contributed by atoms with Crippen LogP contribution in [0.5, 0.6) is 5.75 Å². The second-order valence-corrected chi connectivity index (χ2v) is 6.99. The number of fused-ring (bicyclic) bond motifs is 1. The average molecular weight is 383 g/mol. The summed E-state index contributed by atoms with van der Waals surface area (Å²) in [7, 11) is 0.296. The molecule has 0 saturated heterocycles. The van der Waals surface area contributed by atoms with Crippen LogP contribution < -0.4 is 34.3 Å². The second-order valence-electron chi connectivity index (χ2n) is 5.62. The number of H-pyrrole nitrogens is 1. The number of nitrogens with one attached hydrogen (secondary N) is 1. The third-order valence-corrected chi connectivity index (χ3v) is 5.12. The minimum absolute atomic E-state index is 0. The summed E-state index contributed by atoms with van der Waals surface area (Å²) in [5.74, 6) is 0.965. The van der Waals surface area contributed by atoms with Gasteiger partial charge in [-0.05, 0) is 25.1 Å². The number of rotatable bonds is 7. The van der Waals surface area contributed by atoms with Crippen LogP contribution in [0.15, 0.2) is 41.7 Å². The SMILES string of the molecule is CCC(OC)Oc1ccnc(CS(=O)c2nc3ccccc3[nH]2)c1C.[H-].[Na+]. The summed E-state index contributed by atoms with van der Waals surface area (Å²) in [4.78, 5) is 11.9. The van der Waals surface area contributed by atoms with E-state index >= 15 is 0 Å². The van der Waals surface area contributed by atoms with Gasteiger partial charge in [-0.2, -0.15) is 0 Å². The van der Waals surface area contributed by atoms with E-state index in [1.54, 1.807) is 19.4 Å². The fourth-order valence-corrected chi connectivity index (χ4v) is 3.60. The van der Waals surface area contributed by atoms with E-state index in [1.165, 1.54) is 0 Å². The molecule has 0 aliphatic rings. The van der Waals surface area contributed by atoms with Crippen molar-refractivity contribution in [2.24, 2.45) is 0 Å². The Morgan fingerprint density at radius 3 is 2.77 bits per heavy atom. The molecule has 0 fully saturated rings. The summed E-state index contributed by atoms with van der Waals surface area (Å²) < 4.78 is 23.8. The number of imidazole rings is 1. The molecule has 26 heavy (non-hydrogen) atoms. The van der Waals surface area contributed by atoms with Gasteiger partial charge in [-0.25, -0.2) is 4.98 Å². The Kier molecular flexibility index (Phi) is 7.79. The first-order valence-electron chi connectivity index (χ1n) is 8.09. The fourth-order valence-electron chi connectivity index (χ4n) is 2.50. The topological polar surface area (TPSA) is 77.1 Å². The van der Waals surface area contributed by atoms with Gasteiger partial charge >= 0.3 is 29.6 Å². The third-order valence-electron chi connectivity index (χ3n) is 3.96. The number of hydrogen-bond donors (Lipinski definition) is 1. The van der Waals surface area contributed by atoms with Gasteiger partial charge in [0, 0.05) is 25.3 Å². The van der Waals surface area contributed by atoms with Crippen LogP contribution in [0.3, 0.4) is 0 Å². The summed E-state index contributed by atoms with van der Waals surface area (Å²) in [6.45, 7) is 3.90. The number of para-hydroxylation sites is 2. The maximum absolute atomic E-state index is 12.7. The molecule has 3 aromatic rings. The summed E-state index contributed by atoms with van der Waals surface area (Å²) >= 11 is 0. The number of methoxy groups -OCH3 is 1. The number of pyridine rings is 1. The number of aromatic amines is 1. The summed E-state index contributed by atoms with van der Waals surface area (Å²) in [5, 5.41) is 0.456. The molecule has 0 saturated carbocycles. The second kappa shape index (κ2) is 9.62. The number of benzene rings is 1. The zero-order valence-corrected chi connectivity index (χ0v) is 18.3. The van der Waals surface area contributed by atoms with Crippen molar-refractivity contribution in [3.8, 4) is 5.75 Å². The largest absolute Gasteiger partial charge is 1.00 e. The molecule has 2 aromatic heterocycles. The van der Waals surface area contributed by atoms with Gasteiger partial charge in [0.05, 0.1) is 33.3 Å². The standard InChI is InChI=1S/C18H21N3O3S.Na.H/c1-4-17(23-3)24-16-9-10-19-15(12(16)2)11-25(22)18-20-13-7-5-6-8-14(13)21-18;;/h5-10,17H,4,11H2,1-3H3,(H,20,21);;/q;+1;-1. The van der Waals surface area contributed by atoms with Crippen LogP contribution in [0.2, 0.25) is 0 Å². The molecular formula is C18H22N3NaO3S. The Bertz CT molecular complexity index is 869. The normalized spacial score (nSPS) is 13.2. The van der Waals surface area contributed by atoms with Gasteiger partial charge in [-0.3, -0.25) is 9.19 Å². The molecule has 2 unspecified atom stereocenters. The molecule has 0 radical (unpaired) electrons. The van der Waals surface area contributed by atoms with E-state index in [1.807, 2.05) is 38.1 Å². The van der Waals surface area contributed by atoms with Crippen LogP contribution in [0.1, 0.15) is 26.0 Å². The Hall–Kier alpha value is -1.25. The molecule has 134 valence electrons. The van der Waals surface area contributed by atoms with E-state index in [9.17, 15) is 4.21 Å². The zero-order valence-electron chi connectivity index (χ0n) is 16.5. The van der Waals surface area contributed by atoms with Crippen LogP contribution in [0.4, 0.5) is 0 Å². The first-order chi connectivity index (χ1) is 12.1. The molecule has 0 aliphatic heterocycles. The third kappa shape index (κ3) is 4.72. The quantitative estimate of drug-likeness (QED) is 0.474. The van der Waals surface area contributed by atoms with Crippen molar-refractivity contribution in [1.29, 1.82) is 0 Å². The van der Waals surface area contributed by atoms with Crippen molar-refractivity contribution in [3.63, 3.8) is 0 Å². The minimum atomic E-state index is -1.32. The van der Waals surface area contributed by atoms with Gasteiger partial charge in [-0.15, -0.1) is 0 Å². The van der Waals surface area contributed by atoms with E-state index in [2.05, 4.69) is 15.0 Å². The van der Waals surface area contributed by atoms with Gasteiger partial charge < -0.3 is 15.9 Å². The van der Waals surface area contributed by atoms with Crippen molar-refractivity contribution < 1.29 is 44.7 Å². The van der Waals surface area contributed by atoms with Crippen molar-refractivity contribution >= 4 is 21.8 Å². The maximum atomic E-state index is 12.7. The van der Waals surface area contributed by atoms with Gasteiger partial charge in [0.2, 0.25) is 0 Å². The molecule has 0 spiro atoms. The smallest absolute Gasteiger partial charge is 1.00 e. The van der Waals surface area contributed by atoms with Crippen LogP contribution in [0.25, 0.3) is 11.0 Å². The minimum Gasteiger partial charge on any atom is -1.00 e. The first kappa shape index (κ1) is 21.1. The molecular weight excluding hydrogens is 361 g/mol. The first-order valence-corrected chi connectivity index (χ1v) is 9.41. The number of ether oxygens (including phenoxy) is 2. The molecule has 2 atom stereocenters. The molecule has 0 amide bonds. The molecule has 8 heteroatoms. The fraction of sp³-hybridized carbons (Fsp3) is 0.333. The van der Waals surface area contributed by atoms with Crippen molar-refractivity contribution in [3.05, 3.63) is 47.8 Å². The monoisotopic (exact) mass is 383 g/mol. The number of nitrogens with zero attached hydrogens (tertiary/aromatic N) is 2. The van der Waals surface area contributed by atoms with Crippen LogP contribution in [0, 0.1) is 6.92 Å². The van der Waals surface area contributed by atoms with E-state index in [0.717, 1.165) is 28.7 Å². The van der Waals surface area contributed by atoms with Crippen LogP contribution >= 0.6 is 0 Å². The zero-order chi connectivity index (χ0) is 17.8. The van der Waals surface area contributed by atoms with Gasteiger partial charge in [0.25, 0.3) is 0 Å². The Morgan fingerprint density at radius 2 is 2.08 bits per heavy atom. The van der Waals surface area contributed by atoms with Gasteiger partial charge in [0.15, 0.2) is 11.4 Å². The van der Waals surface area contributed by atoms with E-state index in [-0.39, 0.29) is 43.0 Å². The Balaban J connectivity index is 0.00000182. The van der Waals surface area contributed by atoms with Crippen molar-refractivity contribution in [1.82, 2.24) is 15.0 Å². The van der Waals surface area contributed by atoms with Gasteiger partial charge in [0.1, 0.15) is 5.75 Å². The molecule has 0 aliphatic carbocycles. The van der Waals surface area contributed by atoms with E-state index in [4.69, 9.17) is 9.47 Å². The Labute approximate surface area is 179 Å². The Morgan fingerprint density at radius 1 is 1.31 bits per heavy atom. The van der Waals surface area contributed by atoms with Crippen molar-refractivity contribution in [2.45, 2.75) is 37.5 Å². The predicted octanol–water partition coefficient (Wildman–Crippen LogP) is 0.452. The maximum Gasteiger partial charge on any atom is 1.00 e. The molecule has 0 bridgehead atoms. The number of hydrogen-bond acceptors (Lipinski definition) is 5. The molecule has 6 nitrogen and oxygen atoms in total. The van der Waals surface area contributed by atoms with Crippen LogP contribution in [-0.2, 0) is 21.3 Å². The summed E-state index contributed by atoms with van der Waals surface area (Å²) in [6, 6.07) is 9.42. The summed E-state index contributed by atoms with van der Waals surface area (Å²) in [5.41, 5.74) is 3.27. The van der Waals surface area contributed by atoms with Crippen LogP contribution in [-0.4, -0.2) is 32.6 Å². The number of aromatic nitrogens is 3. The average Bonchev–Trinajstić information content (AvgIpc) is 3.07.